The highest BCUT2D eigenvalue weighted by Crippen LogP contribution is 2.28. The lowest BCUT2D eigenvalue weighted by atomic mass is 10.0. The fraction of sp³-hybridized carbons (Fsp3) is 0.417. The maximum atomic E-state index is 11.7. The van der Waals surface area contributed by atoms with Gasteiger partial charge in [-0.05, 0) is 18.6 Å². The molecule has 1 aromatic carbocycles. The van der Waals surface area contributed by atoms with Crippen LogP contribution in [0.4, 0.5) is 0 Å². The molecule has 0 amide bonds. The monoisotopic (exact) mass is 274 g/mol. The number of hydrogen-bond donors (Lipinski definition) is 0. The van der Waals surface area contributed by atoms with Crippen molar-refractivity contribution in [1.82, 2.24) is 0 Å². The van der Waals surface area contributed by atoms with Crippen molar-refractivity contribution >= 4 is 29.0 Å². The molecule has 17 heavy (non-hydrogen) atoms. The molecule has 0 aliphatic carbocycles. The maximum Gasteiger partial charge on any atom is 0.175 e. The first-order valence-electron chi connectivity index (χ1n) is 5.35. The van der Waals surface area contributed by atoms with E-state index in [1.807, 2.05) is 0 Å². The van der Waals surface area contributed by atoms with Crippen molar-refractivity contribution in [3.05, 3.63) is 28.2 Å². The van der Waals surface area contributed by atoms with E-state index in [-0.39, 0.29) is 18.3 Å². The van der Waals surface area contributed by atoms with Gasteiger partial charge in [-0.3, -0.25) is 4.79 Å². The van der Waals surface area contributed by atoms with Gasteiger partial charge in [0.2, 0.25) is 0 Å². The van der Waals surface area contributed by atoms with Crippen LogP contribution in [0.15, 0.2) is 18.2 Å². The van der Waals surface area contributed by atoms with E-state index < -0.39 is 0 Å². The Labute approximate surface area is 110 Å². The summed E-state index contributed by atoms with van der Waals surface area (Å²) < 4.78 is 10.5. The van der Waals surface area contributed by atoms with Crippen LogP contribution in [0.25, 0.3) is 0 Å². The van der Waals surface area contributed by atoms with E-state index in [2.05, 4.69) is 0 Å². The second-order valence-electron chi connectivity index (χ2n) is 3.89. The Hall–Kier alpha value is -0.770. The highest BCUT2D eigenvalue weighted by molar-refractivity contribution is 6.34. The topological polar surface area (TPSA) is 35.5 Å². The van der Waals surface area contributed by atoms with Gasteiger partial charge in [0.1, 0.15) is 12.4 Å². The number of benzene rings is 1. The van der Waals surface area contributed by atoms with Crippen LogP contribution < -0.4 is 4.74 Å². The fourth-order valence-corrected chi connectivity index (χ4v) is 1.98. The van der Waals surface area contributed by atoms with Crippen molar-refractivity contribution in [2.75, 3.05) is 19.8 Å². The third-order valence-corrected chi connectivity index (χ3v) is 3.20. The fourth-order valence-electron chi connectivity index (χ4n) is 1.64. The third kappa shape index (κ3) is 3.35. The highest BCUT2D eigenvalue weighted by atomic mass is 35.5. The van der Waals surface area contributed by atoms with Crippen molar-refractivity contribution in [2.24, 2.45) is 5.92 Å². The second kappa shape index (κ2) is 5.71. The normalized spacial score (nSPS) is 19.3. The standard InChI is InChI=1S/C12H12Cl2O3/c13-9-1-2-10(14)12(5-9)17-7-11(15)8-3-4-16-6-8/h1-2,5,8H,3-4,6-7H2. The van der Waals surface area contributed by atoms with Crippen molar-refractivity contribution in [2.45, 2.75) is 6.42 Å². The largest absolute Gasteiger partial charge is 0.484 e. The summed E-state index contributed by atoms with van der Waals surface area (Å²) in [5.74, 6) is 0.429. The van der Waals surface area contributed by atoms with Crippen LogP contribution >= 0.6 is 23.2 Å². The summed E-state index contributed by atoms with van der Waals surface area (Å²) in [7, 11) is 0. The lowest BCUT2D eigenvalue weighted by molar-refractivity contribution is -0.124. The van der Waals surface area contributed by atoms with Gasteiger partial charge in [0.05, 0.1) is 11.6 Å². The minimum atomic E-state index is -0.0482. The molecular weight excluding hydrogens is 263 g/mol. The number of ketones is 1. The molecule has 92 valence electrons. The van der Waals surface area contributed by atoms with Gasteiger partial charge < -0.3 is 9.47 Å². The van der Waals surface area contributed by atoms with Crippen LogP contribution in [0, 0.1) is 5.92 Å². The maximum absolute atomic E-state index is 11.7. The molecule has 1 heterocycles. The predicted molar refractivity (Wildman–Crippen MR) is 65.9 cm³/mol. The molecule has 0 saturated carbocycles. The molecule has 1 aliphatic heterocycles. The first kappa shape index (κ1) is 12.7. The van der Waals surface area contributed by atoms with Crippen LogP contribution in [-0.2, 0) is 9.53 Å². The highest BCUT2D eigenvalue weighted by Gasteiger charge is 2.23. The molecule has 0 aromatic heterocycles. The van der Waals surface area contributed by atoms with Gasteiger partial charge in [-0.2, -0.15) is 0 Å². The summed E-state index contributed by atoms with van der Waals surface area (Å²) in [6.07, 6.45) is 0.769. The molecule has 0 N–H and O–H groups in total. The molecule has 0 bridgehead atoms. The predicted octanol–water partition coefficient (Wildman–Crippen LogP) is 2.98. The smallest absolute Gasteiger partial charge is 0.175 e. The van der Waals surface area contributed by atoms with E-state index >= 15 is 0 Å². The van der Waals surface area contributed by atoms with Crippen LogP contribution in [0.2, 0.25) is 10.0 Å². The van der Waals surface area contributed by atoms with Crippen LogP contribution in [0.5, 0.6) is 5.75 Å². The van der Waals surface area contributed by atoms with Gasteiger partial charge in [0.25, 0.3) is 0 Å². The van der Waals surface area contributed by atoms with E-state index in [0.717, 1.165) is 6.42 Å². The Morgan fingerprint density at radius 2 is 2.29 bits per heavy atom. The molecule has 1 aliphatic rings. The second-order valence-corrected chi connectivity index (χ2v) is 4.73. The average molecular weight is 275 g/mol. The number of rotatable bonds is 4. The molecule has 1 fully saturated rings. The Morgan fingerprint density at radius 3 is 3.00 bits per heavy atom. The van der Waals surface area contributed by atoms with Gasteiger partial charge in [0, 0.05) is 23.6 Å². The van der Waals surface area contributed by atoms with E-state index in [4.69, 9.17) is 32.7 Å². The molecule has 1 unspecified atom stereocenters. The summed E-state index contributed by atoms with van der Waals surface area (Å²) in [6.45, 7) is 1.15. The summed E-state index contributed by atoms with van der Waals surface area (Å²) in [6, 6.07) is 4.91. The summed E-state index contributed by atoms with van der Waals surface area (Å²) in [5, 5.41) is 0.978. The Balaban J connectivity index is 1.92. The van der Waals surface area contributed by atoms with E-state index in [0.29, 0.717) is 29.0 Å². The van der Waals surface area contributed by atoms with Crippen molar-refractivity contribution in [3.63, 3.8) is 0 Å². The molecule has 0 spiro atoms. The van der Waals surface area contributed by atoms with Gasteiger partial charge in [-0.25, -0.2) is 0 Å². The first-order chi connectivity index (χ1) is 8.16. The number of halogens is 2. The van der Waals surface area contributed by atoms with Crippen LogP contribution in [0.3, 0.4) is 0 Å². The molecule has 5 heteroatoms. The molecule has 1 aromatic rings. The number of carbonyl (C=O) groups is 1. The summed E-state index contributed by atoms with van der Waals surface area (Å²) in [4.78, 5) is 11.7. The number of ether oxygens (including phenoxy) is 2. The van der Waals surface area contributed by atoms with E-state index in [1.54, 1.807) is 18.2 Å². The molecular formula is C12H12Cl2O3. The van der Waals surface area contributed by atoms with Gasteiger partial charge in [-0.1, -0.05) is 23.2 Å². The number of hydrogen-bond acceptors (Lipinski definition) is 3. The van der Waals surface area contributed by atoms with Gasteiger partial charge in [-0.15, -0.1) is 0 Å². The van der Waals surface area contributed by atoms with Crippen molar-refractivity contribution in [1.29, 1.82) is 0 Å². The average Bonchev–Trinajstić information content (AvgIpc) is 2.83. The number of carbonyl (C=O) groups excluding carboxylic acids is 1. The van der Waals surface area contributed by atoms with Gasteiger partial charge in [0.15, 0.2) is 5.78 Å². The van der Waals surface area contributed by atoms with E-state index in [1.165, 1.54) is 0 Å². The van der Waals surface area contributed by atoms with E-state index in [9.17, 15) is 4.79 Å². The van der Waals surface area contributed by atoms with Crippen LogP contribution in [0.1, 0.15) is 6.42 Å². The lowest BCUT2D eigenvalue weighted by Crippen LogP contribution is -2.21. The summed E-state index contributed by atoms with van der Waals surface area (Å²) >= 11 is 11.7. The minimum absolute atomic E-state index is 0.00802. The molecule has 2 rings (SSSR count). The number of Topliss-reactive ketones (excluding diaryl/α,β-unsaturated/α-hetero) is 1. The quantitative estimate of drug-likeness (QED) is 0.847. The molecule has 0 radical (unpaired) electrons. The molecule has 1 atom stereocenters. The molecule has 1 saturated heterocycles. The Bertz CT molecular complexity index is 414. The van der Waals surface area contributed by atoms with Gasteiger partial charge >= 0.3 is 0 Å². The SMILES string of the molecule is O=C(COc1cc(Cl)ccc1Cl)C1CCOC1. The Kier molecular flexibility index (Phi) is 4.26. The van der Waals surface area contributed by atoms with Crippen LogP contribution in [-0.4, -0.2) is 25.6 Å². The minimum Gasteiger partial charge on any atom is -0.484 e. The third-order valence-electron chi connectivity index (χ3n) is 2.65. The Morgan fingerprint density at radius 1 is 1.47 bits per heavy atom. The van der Waals surface area contributed by atoms with Crippen molar-refractivity contribution in [3.8, 4) is 5.75 Å². The lowest BCUT2D eigenvalue weighted by Gasteiger charge is -2.10. The zero-order valence-corrected chi connectivity index (χ0v) is 10.6. The van der Waals surface area contributed by atoms with Crippen molar-refractivity contribution < 1.29 is 14.3 Å². The zero-order valence-electron chi connectivity index (χ0n) is 9.12. The first-order valence-corrected chi connectivity index (χ1v) is 6.10. The summed E-state index contributed by atoms with van der Waals surface area (Å²) in [5.41, 5.74) is 0. The zero-order chi connectivity index (χ0) is 12.3. The molecule has 3 nitrogen and oxygen atoms in total.